The highest BCUT2D eigenvalue weighted by Gasteiger charge is 2.29. The highest BCUT2D eigenvalue weighted by Crippen LogP contribution is 2.30. The van der Waals surface area contributed by atoms with E-state index in [-0.39, 0.29) is 5.82 Å². The molecule has 130 valence electrons. The van der Waals surface area contributed by atoms with Gasteiger partial charge in [-0.1, -0.05) is 29.5 Å². The van der Waals surface area contributed by atoms with Gasteiger partial charge in [0.15, 0.2) is 5.13 Å². The first-order valence-corrected chi connectivity index (χ1v) is 10.2. The van der Waals surface area contributed by atoms with Gasteiger partial charge in [0, 0.05) is 26.2 Å². The number of anilines is 1. The summed E-state index contributed by atoms with van der Waals surface area (Å²) in [7, 11) is -3.46. The van der Waals surface area contributed by atoms with Gasteiger partial charge in [-0.25, -0.2) is 17.8 Å². The molecule has 0 aliphatic carbocycles. The molecule has 0 saturated carbocycles. The molecular weight excluding hydrogens is 361 g/mol. The average Bonchev–Trinajstić information content (AvgIpc) is 3.06. The Morgan fingerprint density at radius 1 is 1.00 bits per heavy atom. The molecule has 0 N–H and O–H groups in total. The van der Waals surface area contributed by atoms with Crippen LogP contribution in [0.1, 0.15) is 0 Å². The maximum atomic E-state index is 13.3. The fraction of sp³-hybridized carbons (Fsp3) is 0.235. The quantitative estimate of drug-likeness (QED) is 0.704. The van der Waals surface area contributed by atoms with Crippen molar-refractivity contribution < 1.29 is 12.8 Å². The molecule has 1 aromatic heterocycles. The summed E-state index contributed by atoms with van der Waals surface area (Å²) in [5, 5.41) is 0.803. The summed E-state index contributed by atoms with van der Waals surface area (Å²) in [5.74, 6) is -0.276. The predicted octanol–water partition coefficient (Wildman–Crippen LogP) is 2.95. The Balaban J connectivity index is 1.51. The van der Waals surface area contributed by atoms with E-state index in [1.165, 1.54) is 27.8 Å². The summed E-state index contributed by atoms with van der Waals surface area (Å²) in [6.07, 6.45) is 0. The summed E-state index contributed by atoms with van der Waals surface area (Å²) in [6, 6.07) is 13.0. The number of halogens is 1. The van der Waals surface area contributed by atoms with Gasteiger partial charge in [0.1, 0.15) is 5.82 Å². The lowest BCUT2D eigenvalue weighted by atomic mass is 10.3. The summed E-state index contributed by atoms with van der Waals surface area (Å²) < 4.78 is 41.0. The van der Waals surface area contributed by atoms with E-state index in [9.17, 15) is 12.8 Å². The first-order valence-electron chi connectivity index (χ1n) is 7.90. The van der Waals surface area contributed by atoms with Crippen molar-refractivity contribution in [1.82, 2.24) is 9.29 Å². The lowest BCUT2D eigenvalue weighted by Gasteiger charge is -2.33. The van der Waals surface area contributed by atoms with Crippen LogP contribution < -0.4 is 4.90 Å². The standard InChI is InChI=1S/C17H16FN3O2S2/c18-13-6-7-15-16(12-13)24-17(19-15)20-8-10-21(11-9-20)25(22,23)14-4-2-1-3-5-14/h1-7,12H,8-11H2. The van der Waals surface area contributed by atoms with E-state index in [0.717, 1.165) is 15.3 Å². The number of hydrogen-bond donors (Lipinski definition) is 0. The largest absolute Gasteiger partial charge is 0.345 e. The van der Waals surface area contributed by atoms with Crippen LogP contribution in [0, 0.1) is 5.82 Å². The molecule has 1 saturated heterocycles. The second kappa shape index (κ2) is 6.36. The lowest BCUT2D eigenvalue weighted by molar-refractivity contribution is 0.385. The molecule has 8 heteroatoms. The molecular formula is C17H16FN3O2S2. The molecule has 5 nitrogen and oxygen atoms in total. The highest BCUT2D eigenvalue weighted by molar-refractivity contribution is 7.89. The van der Waals surface area contributed by atoms with Crippen LogP contribution in [0.15, 0.2) is 53.4 Å². The van der Waals surface area contributed by atoms with Crippen LogP contribution >= 0.6 is 11.3 Å². The Kier molecular flexibility index (Phi) is 4.18. The summed E-state index contributed by atoms with van der Waals surface area (Å²) in [6.45, 7) is 1.94. The third-order valence-electron chi connectivity index (χ3n) is 4.23. The zero-order chi connectivity index (χ0) is 17.4. The number of nitrogens with zero attached hydrogens (tertiary/aromatic N) is 3. The van der Waals surface area contributed by atoms with Crippen molar-refractivity contribution in [2.75, 3.05) is 31.1 Å². The van der Waals surface area contributed by atoms with Gasteiger partial charge in [0.25, 0.3) is 0 Å². The minimum Gasteiger partial charge on any atom is -0.345 e. The van der Waals surface area contributed by atoms with Crippen molar-refractivity contribution in [2.45, 2.75) is 4.90 Å². The van der Waals surface area contributed by atoms with Gasteiger partial charge >= 0.3 is 0 Å². The number of piperazine rings is 1. The summed E-state index contributed by atoms with van der Waals surface area (Å²) in [4.78, 5) is 6.91. The average molecular weight is 377 g/mol. The SMILES string of the molecule is O=S(=O)(c1ccccc1)N1CCN(c2nc3ccc(F)cc3s2)CC1. The molecule has 0 amide bonds. The second-order valence-electron chi connectivity index (χ2n) is 5.81. The van der Waals surface area contributed by atoms with E-state index in [0.29, 0.717) is 31.1 Å². The third kappa shape index (κ3) is 3.12. The van der Waals surface area contributed by atoms with Crippen LogP contribution in [0.5, 0.6) is 0 Å². The van der Waals surface area contributed by atoms with Gasteiger partial charge in [-0.15, -0.1) is 0 Å². The van der Waals surface area contributed by atoms with Gasteiger partial charge < -0.3 is 4.90 Å². The van der Waals surface area contributed by atoms with Gasteiger partial charge in [0.05, 0.1) is 15.1 Å². The monoisotopic (exact) mass is 377 g/mol. The normalized spacial score (nSPS) is 16.4. The fourth-order valence-corrected chi connectivity index (χ4v) is 5.37. The number of sulfonamides is 1. The number of hydrogen-bond acceptors (Lipinski definition) is 5. The Morgan fingerprint density at radius 2 is 1.72 bits per heavy atom. The van der Waals surface area contributed by atoms with Crippen molar-refractivity contribution in [1.29, 1.82) is 0 Å². The molecule has 25 heavy (non-hydrogen) atoms. The number of benzene rings is 2. The molecule has 2 heterocycles. The highest BCUT2D eigenvalue weighted by atomic mass is 32.2. The van der Waals surface area contributed by atoms with Crippen LogP contribution in [0.4, 0.5) is 9.52 Å². The number of rotatable bonds is 3. The van der Waals surface area contributed by atoms with E-state index in [4.69, 9.17) is 0 Å². The molecule has 1 fully saturated rings. The van der Waals surface area contributed by atoms with Gasteiger partial charge in [-0.2, -0.15) is 4.31 Å². The maximum absolute atomic E-state index is 13.3. The van der Waals surface area contributed by atoms with Crippen molar-refractivity contribution >= 4 is 36.7 Å². The maximum Gasteiger partial charge on any atom is 0.243 e. The molecule has 0 atom stereocenters. The van der Waals surface area contributed by atoms with Crippen LogP contribution in [-0.4, -0.2) is 43.9 Å². The number of aromatic nitrogens is 1. The minimum atomic E-state index is -3.46. The Bertz CT molecular complexity index is 997. The van der Waals surface area contributed by atoms with E-state index >= 15 is 0 Å². The van der Waals surface area contributed by atoms with E-state index in [2.05, 4.69) is 9.88 Å². The second-order valence-corrected chi connectivity index (χ2v) is 8.76. The summed E-state index contributed by atoms with van der Waals surface area (Å²) in [5.41, 5.74) is 0.765. The zero-order valence-electron chi connectivity index (χ0n) is 13.3. The Labute approximate surface area is 149 Å². The summed E-state index contributed by atoms with van der Waals surface area (Å²) >= 11 is 1.43. The van der Waals surface area contributed by atoms with E-state index < -0.39 is 10.0 Å². The number of thiazole rings is 1. The first kappa shape index (κ1) is 16.4. The predicted molar refractivity (Wildman–Crippen MR) is 97.0 cm³/mol. The van der Waals surface area contributed by atoms with Crippen LogP contribution in [0.2, 0.25) is 0 Å². The van der Waals surface area contributed by atoms with Crippen molar-refractivity contribution in [3.8, 4) is 0 Å². The molecule has 0 radical (unpaired) electrons. The van der Waals surface area contributed by atoms with Crippen molar-refractivity contribution in [2.24, 2.45) is 0 Å². The molecule has 1 aliphatic heterocycles. The molecule has 0 bridgehead atoms. The molecule has 0 unspecified atom stereocenters. The van der Waals surface area contributed by atoms with Crippen LogP contribution in [0.3, 0.4) is 0 Å². The van der Waals surface area contributed by atoms with Gasteiger partial charge in [0.2, 0.25) is 10.0 Å². The van der Waals surface area contributed by atoms with Crippen molar-refractivity contribution in [3.05, 3.63) is 54.3 Å². The molecule has 3 aromatic rings. The fourth-order valence-electron chi connectivity index (χ4n) is 2.88. The van der Waals surface area contributed by atoms with Gasteiger partial charge in [-0.05, 0) is 30.3 Å². The lowest BCUT2D eigenvalue weighted by Crippen LogP contribution is -2.48. The smallest absolute Gasteiger partial charge is 0.243 e. The zero-order valence-corrected chi connectivity index (χ0v) is 14.9. The molecule has 1 aliphatic rings. The molecule has 0 spiro atoms. The first-order chi connectivity index (χ1) is 12.0. The van der Waals surface area contributed by atoms with Gasteiger partial charge in [-0.3, -0.25) is 0 Å². The van der Waals surface area contributed by atoms with E-state index in [1.54, 1.807) is 36.4 Å². The topological polar surface area (TPSA) is 53.5 Å². The Morgan fingerprint density at radius 3 is 2.44 bits per heavy atom. The Hall–Kier alpha value is -2.03. The molecule has 2 aromatic carbocycles. The van der Waals surface area contributed by atoms with E-state index in [1.807, 2.05) is 0 Å². The number of fused-ring (bicyclic) bond motifs is 1. The third-order valence-corrected chi connectivity index (χ3v) is 7.22. The van der Waals surface area contributed by atoms with Crippen LogP contribution in [0.25, 0.3) is 10.2 Å². The molecule has 4 rings (SSSR count). The van der Waals surface area contributed by atoms with Crippen LogP contribution in [-0.2, 0) is 10.0 Å². The van der Waals surface area contributed by atoms with Crippen molar-refractivity contribution in [3.63, 3.8) is 0 Å². The minimum absolute atomic E-state index is 0.276.